The van der Waals surface area contributed by atoms with Crippen molar-refractivity contribution in [3.63, 3.8) is 0 Å². The Morgan fingerprint density at radius 3 is 2.53 bits per heavy atom. The Kier molecular flexibility index (Phi) is 10.7. The van der Waals surface area contributed by atoms with E-state index in [2.05, 4.69) is 24.2 Å². The zero-order valence-electron chi connectivity index (χ0n) is 17.9. The molecule has 0 aliphatic carbocycles. The summed E-state index contributed by atoms with van der Waals surface area (Å²) in [6, 6.07) is 15.6. The second-order valence-electron chi connectivity index (χ2n) is 6.75. The van der Waals surface area contributed by atoms with Crippen LogP contribution in [0.3, 0.4) is 0 Å². The number of benzene rings is 2. The molecule has 0 bridgehead atoms. The Labute approximate surface area is 196 Å². The summed E-state index contributed by atoms with van der Waals surface area (Å²) >= 11 is 8.12. The fourth-order valence-corrected chi connectivity index (χ4v) is 4.00. The number of nitrogens with zero attached hydrogens (tertiary/aromatic N) is 1. The number of thioether (sulfide) groups is 1. The van der Waals surface area contributed by atoms with Crippen LogP contribution in [0.2, 0.25) is 5.02 Å². The molecule has 6 nitrogen and oxygen atoms in total. The summed E-state index contributed by atoms with van der Waals surface area (Å²) in [5.41, 5.74) is 4.36. The number of carbonyl (C=O) groups excluding carboxylic acids is 3. The van der Waals surface area contributed by atoms with E-state index in [-0.39, 0.29) is 18.5 Å². The van der Waals surface area contributed by atoms with Gasteiger partial charge in [0, 0.05) is 21.7 Å². The standard InChI is InChI=1S/C23H24ClNO3S.CO2/c1-3-29-13-12-17-8-10-18(11-9-17)23-19(15-27-25-23)14-22(26)28-16(2)20-6-4-5-7-21(20)24;2-1-3/h4-11,15-16H,3,12-14H2,1-2H3;. The van der Waals surface area contributed by atoms with Crippen molar-refractivity contribution < 1.29 is 23.6 Å². The van der Waals surface area contributed by atoms with Crippen molar-refractivity contribution in [3.8, 4) is 11.3 Å². The SMILES string of the molecule is CCSCCc1ccc(-c2nocc2CC(=O)OC(C)c2ccccc2Cl)cc1.O=C=O. The fraction of sp³-hybridized carbons (Fsp3) is 0.292. The summed E-state index contributed by atoms with van der Waals surface area (Å²) in [6.45, 7) is 3.98. The van der Waals surface area contributed by atoms with E-state index in [4.69, 9.17) is 30.4 Å². The van der Waals surface area contributed by atoms with E-state index in [0.717, 1.165) is 29.1 Å². The van der Waals surface area contributed by atoms with Crippen molar-refractivity contribution in [1.29, 1.82) is 0 Å². The van der Waals surface area contributed by atoms with Crippen LogP contribution in [0.25, 0.3) is 11.3 Å². The molecule has 1 heterocycles. The highest BCUT2D eigenvalue weighted by molar-refractivity contribution is 7.99. The molecule has 0 amide bonds. The zero-order valence-corrected chi connectivity index (χ0v) is 19.4. The van der Waals surface area contributed by atoms with E-state index in [0.29, 0.717) is 16.3 Å². The topological polar surface area (TPSA) is 86.5 Å². The maximum atomic E-state index is 12.5. The first kappa shape index (κ1) is 25.4. The van der Waals surface area contributed by atoms with Gasteiger partial charge < -0.3 is 9.26 Å². The average molecular weight is 474 g/mol. The van der Waals surface area contributed by atoms with Crippen molar-refractivity contribution in [1.82, 2.24) is 5.16 Å². The van der Waals surface area contributed by atoms with Gasteiger partial charge in [-0.25, -0.2) is 0 Å². The largest absolute Gasteiger partial charge is 0.457 e. The first-order valence-corrected chi connectivity index (χ1v) is 11.6. The molecule has 1 aromatic heterocycles. The highest BCUT2D eigenvalue weighted by Crippen LogP contribution is 2.27. The van der Waals surface area contributed by atoms with Gasteiger partial charge in [-0.05, 0) is 36.5 Å². The van der Waals surface area contributed by atoms with E-state index >= 15 is 0 Å². The second kappa shape index (κ2) is 13.5. The molecular formula is C24H24ClNO5S. The van der Waals surface area contributed by atoms with Crippen LogP contribution in [-0.4, -0.2) is 28.8 Å². The molecule has 0 fully saturated rings. The zero-order chi connectivity index (χ0) is 23.3. The first-order chi connectivity index (χ1) is 15.5. The van der Waals surface area contributed by atoms with Gasteiger partial charge in [-0.2, -0.15) is 21.4 Å². The van der Waals surface area contributed by atoms with Gasteiger partial charge in [-0.15, -0.1) is 0 Å². The Morgan fingerprint density at radius 1 is 1.19 bits per heavy atom. The van der Waals surface area contributed by atoms with Crippen LogP contribution in [0.4, 0.5) is 0 Å². The number of carbonyl (C=O) groups is 1. The summed E-state index contributed by atoms with van der Waals surface area (Å²) in [7, 11) is 0. The van der Waals surface area contributed by atoms with Gasteiger partial charge in [0.1, 0.15) is 18.1 Å². The molecule has 3 aromatic rings. The third kappa shape index (κ3) is 7.68. The summed E-state index contributed by atoms with van der Waals surface area (Å²) in [6.07, 6.45) is 2.45. The molecule has 3 rings (SSSR count). The molecule has 2 aromatic carbocycles. The molecule has 32 heavy (non-hydrogen) atoms. The lowest BCUT2D eigenvalue weighted by Crippen LogP contribution is -2.12. The molecule has 0 spiro atoms. The molecule has 1 atom stereocenters. The number of hydrogen-bond donors (Lipinski definition) is 0. The molecular weight excluding hydrogens is 450 g/mol. The number of aryl methyl sites for hydroxylation is 1. The minimum atomic E-state index is -0.431. The van der Waals surface area contributed by atoms with Crippen molar-refractivity contribution in [2.24, 2.45) is 0 Å². The van der Waals surface area contributed by atoms with Gasteiger partial charge in [-0.1, -0.05) is 66.1 Å². The number of aromatic nitrogens is 1. The molecule has 0 aliphatic heterocycles. The highest BCUT2D eigenvalue weighted by Gasteiger charge is 2.18. The van der Waals surface area contributed by atoms with E-state index in [1.807, 2.05) is 49.0 Å². The van der Waals surface area contributed by atoms with Gasteiger partial charge in [0.15, 0.2) is 0 Å². The lowest BCUT2D eigenvalue weighted by molar-refractivity contribution is -0.191. The third-order valence-corrected chi connectivity index (χ3v) is 5.84. The van der Waals surface area contributed by atoms with Crippen LogP contribution < -0.4 is 0 Å². The van der Waals surface area contributed by atoms with Crippen molar-refractivity contribution in [2.45, 2.75) is 32.8 Å². The van der Waals surface area contributed by atoms with E-state index in [1.54, 1.807) is 6.07 Å². The molecule has 1 unspecified atom stereocenters. The van der Waals surface area contributed by atoms with Gasteiger partial charge >= 0.3 is 12.1 Å². The molecule has 8 heteroatoms. The molecule has 0 radical (unpaired) electrons. The van der Waals surface area contributed by atoms with Crippen LogP contribution in [0.5, 0.6) is 0 Å². The quantitative estimate of drug-likeness (QED) is 0.297. The Hall–Kier alpha value is -2.86. The summed E-state index contributed by atoms with van der Waals surface area (Å²) in [4.78, 5) is 28.7. The van der Waals surface area contributed by atoms with Gasteiger partial charge in [-0.3, -0.25) is 4.79 Å². The van der Waals surface area contributed by atoms with Crippen molar-refractivity contribution >= 4 is 35.5 Å². The summed E-state index contributed by atoms with van der Waals surface area (Å²) in [5, 5.41) is 4.67. The summed E-state index contributed by atoms with van der Waals surface area (Å²) < 4.78 is 10.7. The predicted molar refractivity (Wildman–Crippen MR) is 123 cm³/mol. The van der Waals surface area contributed by atoms with Crippen LogP contribution in [0.15, 0.2) is 59.3 Å². The lowest BCUT2D eigenvalue weighted by atomic mass is 10.0. The first-order valence-electron chi connectivity index (χ1n) is 10.0. The second-order valence-corrected chi connectivity index (χ2v) is 8.55. The third-order valence-electron chi connectivity index (χ3n) is 4.60. The number of halogens is 1. The molecule has 0 saturated heterocycles. The average Bonchev–Trinajstić information content (AvgIpc) is 3.23. The van der Waals surface area contributed by atoms with E-state index in [1.165, 1.54) is 11.8 Å². The number of rotatable bonds is 9. The Bertz CT molecular complexity index is 1030. The highest BCUT2D eigenvalue weighted by atomic mass is 35.5. The molecule has 168 valence electrons. The number of hydrogen-bond acceptors (Lipinski definition) is 7. The van der Waals surface area contributed by atoms with Crippen LogP contribution in [-0.2, 0) is 32.0 Å². The lowest BCUT2D eigenvalue weighted by Gasteiger charge is -2.14. The Balaban J connectivity index is 0.00000114. The van der Waals surface area contributed by atoms with Gasteiger partial charge in [0.25, 0.3) is 0 Å². The monoisotopic (exact) mass is 473 g/mol. The predicted octanol–water partition coefficient (Wildman–Crippen LogP) is 5.55. The Morgan fingerprint density at radius 2 is 1.88 bits per heavy atom. The maximum absolute atomic E-state index is 12.5. The van der Waals surface area contributed by atoms with Gasteiger partial charge in [0.2, 0.25) is 0 Å². The number of ether oxygens (including phenoxy) is 1. The molecule has 0 N–H and O–H groups in total. The van der Waals surface area contributed by atoms with Crippen LogP contribution >= 0.6 is 23.4 Å². The van der Waals surface area contributed by atoms with E-state index in [9.17, 15) is 4.79 Å². The fourth-order valence-electron chi connectivity index (χ4n) is 3.05. The number of esters is 1. The van der Waals surface area contributed by atoms with Crippen molar-refractivity contribution in [2.75, 3.05) is 11.5 Å². The molecule has 0 saturated carbocycles. The maximum Gasteiger partial charge on any atom is 0.373 e. The van der Waals surface area contributed by atoms with Crippen LogP contribution in [0.1, 0.15) is 36.6 Å². The minimum absolute atomic E-state index is 0.0858. The van der Waals surface area contributed by atoms with Crippen molar-refractivity contribution in [3.05, 3.63) is 76.5 Å². The smallest absolute Gasteiger partial charge is 0.373 e. The van der Waals surface area contributed by atoms with Crippen LogP contribution in [0, 0.1) is 0 Å². The van der Waals surface area contributed by atoms with E-state index < -0.39 is 6.10 Å². The normalized spacial score (nSPS) is 11.1. The summed E-state index contributed by atoms with van der Waals surface area (Å²) in [5.74, 6) is 1.89. The van der Waals surface area contributed by atoms with Gasteiger partial charge in [0.05, 0.1) is 6.42 Å². The minimum Gasteiger partial charge on any atom is -0.457 e. The molecule has 0 aliphatic rings.